The Morgan fingerprint density at radius 2 is 2.10 bits per heavy atom. The van der Waals surface area contributed by atoms with Gasteiger partial charge in [0.25, 0.3) is 0 Å². The Labute approximate surface area is 123 Å². The quantitative estimate of drug-likeness (QED) is 0.866. The minimum Gasteiger partial charge on any atom is -0.459 e. The highest BCUT2D eigenvalue weighted by Gasteiger charge is 2.33. The molecule has 21 heavy (non-hydrogen) atoms. The molecule has 4 nitrogen and oxygen atoms in total. The van der Waals surface area contributed by atoms with Crippen molar-refractivity contribution in [1.29, 1.82) is 0 Å². The van der Waals surface area contributed by atoms with Gasteiger partial charge >= 0.3 is 12.1 Å². The number of hydrogen-bond acceptors (Lipinski definition) is 4. The predicted octanol–water partition coefficient (Wildman–Crippen LogP) is 1.98. The number of thioether (sulfide) groups is 1. The van der Waals surface area contributed by atoms with Crippen LogP contribution in [0.2, 0.25) is 0 Å². The Morgan fingerprint density at radius 1 is 1.38 bits per heavy atom. The molecule has 0 unspecified atom stereocenters. The summed E-state index contributed by atoms with van der Waals surface area (Å²) in [6, 6.07) is 4.09. The van der Waals surface area contributed by atoms with Crippen LogP contribution in [0.4, 0.5) is 13.2 Å². The van der Waals surface area contributed by atoms with Crippen LogP contribution < -0.4 is 5.32 Å². The fourth-order valence-electron chi connectivity index (χ4n) is 1.85. The molecule has 1 saturated heterocycles. The van der Waals surface area contributed by atoms with Crippen LogP contribution in [0.3, 0.4) is 0 Å². The molecule has 0 aliphatic carbocycles. The van der Waals surface area contributed by atoms with Crippen LogP contribution in [-0.2, 0) is 27.1 Å². The summed E-state index contributed by atoms with van der Waals surface area (Å²) in [4.78, 5) is 22.9. The molecule has 0 spiro atoms. The van der Waals surface area contributed by atoms with E-state index in [4.69, 9.17) is 4.74 Å². The van der Waals surface area contributed by atoms with E-state index in [-0.39, 0.29) is 17.2 Å². The number of amides is 1. The van der Waals surface area contributed by atoms with Crippen LogP contribution >= 0.6 is 11.8 Å². The molecule has 0 saturated carbocycles. The summed E-state index contributed by atoms with van der Waals surface area (Å²) in [5, 5.41) is 2.44. The van der Waals surface area contributed by atoms with Gasteiger partial charge in [0.05, 0.1) is 11.3 Å². The van der Waals surface area contributed by atoms with E-state index in [1.54, 1.807) is 0 Å². The van der Waals surface area contributed by atoms with Gasteiger partial charge in [0.2, 0.25) is 5.91 Å². The van der Waals surface area contributed by atoms with E-state index in [2.05, 4.69) is 5.32 Å². The first kappa shape index (κ1) is 15.7. The van der Waals surface area contributed by atoms with Gasteiger partial charge in [-0.1, -0.05) is 18.2 Å². The third-order valence-corrected chi connectivity index (χ3v) is 3.87. The second kappa shape index (κ2) is 6.38. The first-order chi connectivity index (χ1) is 9.88. The molecule has 1 aromatic carbocycles. The van der Waals surface area contributed by atoms with Gasteiger partial charge in [-0.3, -0.25) is 4.79 Å². The molecule has 1 aromatic rings. The van der Waals surface area contributed by atoms with E-state index in [0.717, 1.165) is 6.07 Å². The number of benzene rings is 1. The Morgan fingerprint density at radius 3 is 2.76 bits per heavy atom. The van der Waals surface area contributed by atoms with Gasteiger partial charge in [-0.15, -0.1) is 11.8 Å². The second-order valence-electron chi connectivity index (χ2n) is 4.40. The number of rotatable bonds is 3. The molecule has 0 bridgehead atoms. The Bertz CT molecular complexity index is 548. The van der Waals surface area contributed by atoms with Crippen LogP contribution in [0.25, 0.3) is 0 Å². The van der Waals surface area contributed by atoms with Gasteiger partial charge in [-0.2, -0.15) is 13.2 Å². The molecule has 0 radical (unpaired) electrons. The Hall–Kier alpha value is -1.70. The van der Waals surface area contributed by atoms with Crippen LogP contribution in [0.5, 0.6) is 0 Å². The highest BCUT2D eigenvalue weighted by Crippen LogP contribution is 2.32. The molecule has 114 valence electrons. The van der Waals surface area contributed by atoms with Crippen molar-refractivity contribution < 1.29 is 27.5 Å². The van der Waals surface area contributed by atoms with Crippen molar-refractivity contribution in [2.75, 3.05) is 11.5 Å². The molecule has 1 aliphatic heterocycles. The average molecular weight is 319 g/mol. The smallest absolute Gasteiger partial charge is 0.416 e. The maximum absolute atomic E-state index is 12.8. The molecule has 1 amide bonds. The number of hydrogen-bond donors (Lipinski definition) is 1. The number of carbonyl (C=O) groups excluding carboxylic acids is 2. The standard InChI is InChI=1S/C13H12F3NO3S/c14-13(15,16)9-4-2-1-3-8(9)5-20-12(19)10-6-21-7-11(18)17-10/h1-4,10H,5-7H2,(H,17,18)/t10-/m0/s1. The lowest BCUT2D eigenvalue weighted by Crippen LogP contribution is -2.47. The topological polar surface area (TPSA) is 55.4 Å². The first-order valence-corrected chi connectivity index (χ1v) is 7.22. The Kier molecular flexibility index (Phi) is 4.76. The number of ether oxygens (including phenoxy) is 1. The van der Waals surface area contributed by atoms with Crippen molar-refractivity contribution in [1.82, 2.24) is 5.32 Å². The van der Waals surface area contributed by atoms with Crippen molar-refractivity contribution in [3.63, 3.8) is 0 Å². The molecule has 1 fully saturated rings. The van der Waals surface area contributed by atoms with Gasteiger partial charge < -0.3 is 10.1 Å². The number of nitrogens with one attached hydrogen (secondary N) is 1. The van der Waals surface area contributed by atoms with E-state index in [0.29, 0.717) is 5.75 Å². The van der Waals surface area contributed by atoms with Crippen molar-refractivity contribution in [2.45, 2.75) is 18.8 Å². The molecule has 1 aliphatic rings. The van der Waals surface area contributed by atoms with Crippen LogP contribution in [0.1, 0.15) is 11.1 Å². The molecule has 1 atom stereocenters. The monoisotopic (exact) mass is 319 g/mol. The number of alkyl halides is 3. The van der Waals surface area contributed by atoms with Gasteiger partial charge in [0.15, 0.2) is 0 Å². The molecular weight excluding hydrogens is 307 g/mol. The first-order valence-electron chi connectivity index (χ1n) is 6.07. The van der Waals surface area contributed by atoms with Gasteiger partial charge in [-0.05, 0) is 6.07 Å². The Balaban J connectivity index is 2.00. The fourth-order valence-corrected chi connectivity index (χ4v) is 2.69. The summed E-state index contributed by atoms with van der Waals surface area (Å²) < 4.78 is 43.2. The maximum atomic E-state index is 12.8. The SMILES string of the molecule is O=C1CSC[C@@H](C(=O)OCc2ccccc2C(F)(F)F)N1. The summed E-state index contributed by atoms with van der Waals surface area (Å²) in [5.74, 6) is -0.400. The second-order valence-corrected chi connectivity index (χ2v) is 5.43. The van der Waals surface area contributed by atoms with Crippen molar-refractivity contribution in [2.24, 2.45) is 0 Å². The highest BCUT2D eigenvalue weighted by atomic mass is 32.2. The van der Waals surface area contributed by atoms with Crippen molar-refractivity contribution >= 4 is 23.6 Å². The lowest BCUT2D eigenvalue weighted by molar-refractivity contribution is -0.150. The zero-order valence-corrected chi connectivity index (χ0v) is 11.6. The van der Waals surface area contributed by atoms with E-state index >= 15 is 0 Å². The fraction of sp³-hybridized carbons (Fsp3) is 0.385. The van der Waals surface area contributed by atoms with Crippen molar-refractivity contribution in [3.8, 4) is 0 Å². The third kappa shape index (κ3) is 4.13. The molecule has 8 heteroatoms. The van der Waals surface area contributed by atoms with E-state index in [1.165, 1.54) is 30.0 Å². The van der Waals surface area contributed by atoms with Crippen molar-refractivity contribution in [3.05, 3.63) is 35.4 Å². The number of esters is 1. The molecule has 2 rings (SSSR count). The van der Waals surface area contributed by atoms with Crippen LogP contribution in [0, 0.1) is 0 Å². The third-order valence-electron chi connectivity index (χ3n) is 2.83. The molecule has 1 N–H and O–H groups in total. The zero-order valence-electron chi connectivity index (χ0n) is 10.8. The zero-order chi connectivity index (χ0) is 15.5. The largest absolute Gasteiger partial charge is 0.459 e. The average Bonchev–Trinajstić information content (AvgIpc) is 2.44. The summed E-state index contributed by atoms with van der Waals surface area (Å²) in [5.41, 5.74) is -0.951. The lowest BCUT2D eigenvalue weighted by atomic mass is 10.1. The van der Waals surface area contributed by atoms with Gasteiger partial charge in [0, 0.05) is 11.3 Å². The maximum Gasteiger partial charge on any atom is 0.416 e. The number of carbonyl (C=O) groups is 2. The minimum atomic E-state index is -4.50. The van der Waals surface area contributed by atoms with E-state index in [1.807, 2.05) is 0 Å². The number of halogens is 3. The normalized spacial score (nSPS) is 19.0. The van der Waals surface area contributed by atoms with Crippen LogP contribution in [0.15, 0.2) is 24.3 Å². The van der Waals surface area contributed by atoms with Gasteiger partial charge in [-0.25, -0.2) is 4.79 Å². The summed E-state index contributed by atoms with van der Waals surface area (Å²) in [6.45, 7) is -0.481. The van der Waals surface area contributed by atoms with E-state index < -0.39 is 30.4 Å². The molecular formula is C13H12F3NO3S. The highest BCUT2D eigenvalue weighted by molar-refractivity contribution is 8.00. The summed E-state index contributed by atoms with van der Waals surface area (Å²) >= 11 is 1.28. The predicted molar refractivity (Wildman–Crippen MR) is 70.5 cm³/mol. The molecule has 0 aromatic heterocycles. The molecule has 1 heterocycles. The minimum absolute atomic E-state index is 0.117. The lowest BCUT2D eigenvalue weighted by Gasteiger charge is -2.21. The van der Waals surface area contributed by atoms with Crippen LogP contribution in [-0.4, -0.2) is 29.4 Å². The van der Waals surface area contributed by atoms with E-state index in [9.17, 15) is 22.8 Å². The summed E-state index contributed by atoms with van der Waals surface area (Å²) in [7, 11) is 0. The summed E-state index contributed by atoms with van der Waals surface area (Å²) in [6.07, 6.45) is -4.50. The van der Waals surface area contributed by atoms with Gasteiger partial charge in [0.1, 0.15) is 12.6 Å².